The Morgan fingerprint density at radius 2 is 1.68 bits per heavy atom. The Labute approximate surface area is 206 Å². The first-order valence-corrected chi connectivity index (χ1v) is 12.9. The van der Waals surface area contributed by atoms with Crippen molar-refractivity contribution in [1.82, 2.24) is 14.7 Å². The van der Waals surface area contributed by atoms with Crippen LogP contribution in [0.1, 0.15) is 49.3 Å². The number of rotatable bonds is 9. The number of hydrogen-bond donors (Lipinski definition) is 0. The first kappa shape index (κ1) is 24.7. The number of likely N-dealkylation sites (tertiary alicyclic amines) is 1. The van der Waals surface area contributed by atoms with E-state index in [0.29, 0.717) is 6.42 Å². The van der Waals surface area contributed by atoms with Crippen LogP contribution in [0.2, 0.25) is 0 Å². The number of fused-ring (bicyclic) bond motifs is 1. The largest absolute Gasteiger partial charge is 0.346 e. The molecule has 0 aromatic heterocycles. The van der Waals surface area contributed by atoms with E-state index in [1.807, 2.05) is 11.9 Å². The molecular weight excluding hydrogens is 418 g/mol. The third-order valence-electron chi connectivity index (χ3n) is 8.13. The molecule has 4 nitrogen and oxygen atoms in total. The van der Waals surface area contributed by atoms with E-state index >= 15 is 0 Å². The van der Waals surface area contributed by atoms with Gasteiger partial charge >= 0.3 is 0 Å². The standard InChI is InChI=1S/C30H41N3O/c1-24(27-16-15-25-11-8-9-14-28(25)27)23-29(34)32(4)19-10-20-33-21-17-30(18-22-33,31(2)3)26-12-6-5-7-13-26/h5-9,11-14,16,24H,10,15,17-23H2,1-4H3. The van der Waals surface area contributed by atoms with Gasteiger partial charge in [-0.05, 0) is 74.5 Å². The molecule has 1 saturated heterocycles. The predicted molar refractivity (Wildman–Crippen MR) is 142 cm³/mol. The molecule has 1 heterocycles. The van der Waals surface area contributed by atoms with E-state index in [4.69, 9.17) is 0 Å². The lowest BCUT2D eigenvalue weighted by molar-refractivity contribution is -0.130. The van der Waals surface area contributed by atoms with Gasteiger partial charge in [-0.1, -0.05) is 67.6 Å². The molecular formula is C30H41N3O. The van der Waals surface area contributed by atoms with E-state index in [9.17, 15) is 4.79 Å². The normalized spacial score (nSPS) is 18.4. The Bertz CT molecular complexity index is 989. The first-order chi connectivity index (χ1) is 16.4. The number of carbonyl (C=O) groups excluding carboxylic acids is 1. The van der Waals surface area contributed by atoms with Gasteiger partial charge in [-0.2, -0.15) is 0 Å². The fourth-order valence-corrected chi connectivity index (χ4v) is 5.85. The Kier molecular flexibility index (Phi) is 7.90. The highest BCUT2D eigenvalue weighted by molar-refractivity contribution is 5.81. The summed E-state index contributed by atoms with van der Waals surface area (Å²) in [7, 11) is 6.39. The van der Waals surface area contributed by atoms with E-state index in [1.165, 1.54) is 22.3 Å². The molecule has 2 aromatic rings. The molecule has 0 spiro atoms. The van der Waals surface area contributed by atoms with Crippen molar-refractivity contribution in [3.63, 3.8) is 0 Å². The topological polar surface area (TPSA) is 26.8 Å². The molecule has 1 aliphatic carbocycles. The lowest BCUT2D eigenvalue weighted by Gasteiger charge is -2.46. The SMILES string of the molecule is CC(CC(=O)N(C)CCCN1CCC(c2ccccc2)(N(C)C)CC1)C1=CCc2ccccc21. The number of allylic oxidation sites excluding steroid dienone is 2. The maximum atomic E-state index is 12.9. The van der Waals surface area contributed by atoms with Crippen LogP contribution in [-0.2, 0) is 16.8 Å². The molecule has 1 amide bonds. The second-order valence-corrected chi connectivity index (χ2v) is 10.4. The van der Waals surface area contributed by atoms with Gasteiger partial charge in [0.2, 0.25) is 5.91 Å². The van der Waals surface area contributed by atoms with Gasteiger partial charge in [-0.15, -0.1) is 0 Å². The summed E-state index contributed by atoms with van der Waals surface area (Å²) >= 11 is 0. The average molecular weight is 460 g/mol. The predicted octanol–water partition coefficient (Wildman–Crippen LogP) is 5.05. The quantitative estimate of drug-likeness (QED) is 0.525. The van der Waals surface area contributed by atoms with Crippen molar-refractivity contribution in [2.45, 2.75) is 44.6 Å². The third-order valence-corrected chi connectivity index (χ3v) is 8.13. The summed E-state index contributed by atoms with van der Waals surface area (Å²) in [5.74, 6) is 0.518. The van der Waals surface area contributed by atoms with Crippen molar-refractivity contribution in [3.8, 4) is 0 Å². The highest BCUT2D eigenvalue weighted by atomic mass is 16.2. The van der Waals surface area contributed by atoms with Gasteiger partial charge in [0.1, 0.15) is 0 Å². The zero-order valence-electron chi connectivity index (χ0n) is 21.5. The molecule has 4 heteroatoms. The van der Waals surface area contributed by atoms with E-state index < -0.39 is 0 Å². The lowest BCUT2D eigenvalue weighted by Crippen LogP contribution is -2.50. The molecule has 0 N–H and O–H groups in total. The smallest absolute Gasteiger partial charge is 0.222 e. The fraction of sp³-hybridized carbons (Fsp3) is 0.500. The number of amides is 1. The molecule has 4 rings (SSSR count). The van der Waals surface area contributed by atoms with Gasteiger partial charge in [0.25, 0.3) is 0 Å². The zero-order valence-corrected chi connectivity index (χ0v) is 21.5. The minimum atomic E-state index is 0.133. The summed E-state index contributed by atoms with van der Waals surface area (Å²) in [5, 5.41) is 0. The third kappa shape index (κ3) is 5.29. The van der Waals surface area contributed by atoms with Crippen LogP contribution in [-0.4, -0.2) is 67.9 Å². The van der Waals surface area contributed by atoms with Crippen molar-refractivity contribution >= 4 is 11.5 Å². The average Bonchev–Trinajstić information content (AvgIpc) is 3.29. The maximum absolute atomic E-state index is 12.9. The van der Waals surface area contributed by atoms with Gasteiger partial charge in [0, 0.05) is 38.6 Å². The van der Waals surface area contributed by atoms with Crippen LogP contribution in [0.15, 0.2) is 60.7 Å². The molecule has 1 atom stereocenters. The molecule has 2 aromatic carbocycles. The summed E-state index contributed by atoms with van der Waals surface area (Å²) in [6.07, 6.45) is 7.21. The second kappa shape index (κ2) is 10.9. The van der Waals surface area contributed by atoms with Crippen molar-refractivity contribution in [2.24, 2.45) is 5.92 Å². The van der Waals surface area contributed by atoms with Crippen molar-refractivity contribution in [3.05, 3.63) is 77.4 Å². The van der Waals surface area contributed by atoms with Gasteiger partial charge in [0.05, 0.1) is 0 Å². The van der Waals surface area contributed by atoms with Gasteiger partial charge < -0.3 is 9.80 Å². The zero-order chi connectivity index (χ0) is 24.1. The minimum absolute atomic E-state index is 0.133. The van der Waals surface area contributed by atoms with Crippen LogP contribution < -0.4 is 0 Å². The van der Waals surface area contributed by atoms with Crippen molar-refractivity contribution in [2.75, 3.05) is 47.3 Å². The molecule has 1 unspecified atom stereocenters. The van der Waals surface area contributed by atoms with Gasteiger partial charge in [-0.25, -0.2) is 0 Å². The molecule has 1 fully saturated rings. The first-order valence-electron chi connectivity index (χ1n) is 12.9. The fourth-order valence-electron chi connectivity index (χ4n) is 5.85. The van der Waals surface area contributed by atoms with E-state index in [1.54, 1.807) is 0 Å². The molecule has 182 valence electrons. The number of benzene rings is 2. The Balaban J connectivity index is 1.22. The monoisotopic (exact) mass is 459 g/mol. The van der Waals surface area contributed by atoms with Gasteiger partial charge in [-0.3, -0.25) is 9.69 Å². The summed E-state index contributed by atoms with van der Waals surface area (Å²) in [6, 6.07) is 19.6. The van der Waals surface area contributed by atoms with Crippen LogP contribution in [0.3, 0.4) is 0 Å². The van der Waals surface area contributed by atoms with E-state index in [2.05, 4.69) is 91.5 Å². The van der Waals surface area contributed by atoms with Crippen LogP contribution in [0, 0.1) is 5.92 Å². The van der Waals surface area contributed by atoms with E-state index in [-0.39, 0.29) is 17.4 Å². The summed E-state index contributed by atoms with van der Waals surface area (Å²) < 4.78 is 0. The van der Waals surface area contributed by atoms with Crippen molar-refractivity contribution in [1.29, 1.82) is 0 Å². The van der Waals surface area contributed by atoms with Crippen LogP contribution in [0.25, 0.3) is 5.57 Å². The Morgan fingerprint density at radius 1 is 1.00 bits per heavy atom. The van der Waals surface area contributed by atoms with Crippen LogP contribution >= 0.6 is 0 Å². The molecule has 0 bridgehead atoms. The minimum Gasteiger partial charge on any atom is -0.346 e. The second-order valence-electron chi connectivity index (χ2n) is 10.4. The summed E-state index contributed by atoms with van der Waals surface area (Å²) in [5.41, 5.74) is 5.62. The Morgan fingerprint density at radius 3 is 2.38 bits per heavy atom. The van der Waals surface area contributed by atoms with Crippen LogP contribution in [0.5, 0.6) is 0 Å². The van der Waals surface area contributed by atoms with Crippen LogP contribution in [0.4, 0.5) is 0 Å². The number of piperidine rings is 1. The highest BCUT2D eigenvalue weighted by Crippen LogP contribution is 2.37. The Hall–Kier alpha value is -2.43. The summed E-state index contributed by atoms with van der Waals surface area (Å²) in [4.78, 5) is 19.8. The molecule has 0 radical (unpaired) electrons. The number of hydrogen-bond acceptors (Lipinski definition) is 3. The molecule has 0 saturated carbocycles. The molecule has 1 aliphatic heterocycles. The molecule has 34 heavy (non-hydrogen) atoms. The number of nitrogens with zero attached hydrogens (tertiary/aromatic N) is 3. The lowest BCUT2D eigenvalue weighted by atomic mass is 9.80. The number of carbonyl (C=O) groups is 1. The van der Waals surface area contributed by atoms with Gasteiger partial charge in [0.15, 0.2) is 0 Å². The highest BCUT2D eigenvalue weighted by Gasteiger charge is 2.37. The summed E-state index contributed by atoms with van der Waals surface area (Å²) in [6.45, 7) is 6.29. The maximum Gasteiger partial charge on any atom is 0.222 e. The van der Waals surface area contributed by atoms with E-state index in [0.717, 1.165) is 51.9 Å². The van der Waals surface area contributed by atoms with Crippen molar-refractivity contribution < 1.29 is 4.79 Å². The molecule has 2 aliphatic rings.